The fourth-order valence-electron chi connectivity index (χ4n) is 3.19. The molecule has 0 saturated carbocycles. The summed E-state index contributed by atoms with van der Waals surface area (Å²) in [7, 11) is 0. The van der Waals surface area contributed by atoms with Crippen LogP contribution in [0.25, 0.3) is 16.7 Å². The van der Waals surface area contributed by atoms with Crippen LogP contribution in [0.1, 0.15) is 49.2 Å². The van der Waals surface area contributed by atoms with Gasteiger partial charge in [-0.1, -0.05) is 12.1 Å². The van der Waals surface area contributed by atoms with Gasteiger partial charge in [-0.2, -0.15) is 5.10 Å². The summed E-state index contributed by atoms with van der Waals surface area (Å²) >= 11 is 0. The summed E-state index contributed by atoms with van der Waals surface area (Å²) in [6.45, 7) is 6.16. The van der Waals surface area contributed by atoms with Gasteiger partial charge < -0.3 is 9.88 Å². The number of carbonyl (C=O) groups is 1. The van der Waals surface area contributed by atoms with E-state index in [2.05, 4.69) is 33.8 Å². The molecule has 0 fully saturated rings. The third-order valence-corrected chi connectivity index (χ3v) is 4.34. The van der Waals surface area contributed by atoms with E-state index in [1.54, 1.807) is 29.0 Å². The van der Waals surface area contributed by atoms with E-state index in [9.17, 15) is 4.79 Å². The normalized spacial score (nSPS) is 12.8. The standard InChI is InChI=1S/C19H20N6O/c1-12(2)25-16-8-5-4-7-14(16)22-18(25)13(3)21-19(26)15-11-17-20-9-6-10-24(17)23-15/h4-13H,1-3H3,(H,21,26)/t13-/m1/s1. The van der Waals surface area contributed by atoms with Crippen molar-refractivity contribution in [1.29, 1.82) is 0 Å². The Labute approximate surface area is 150 Å². The molecule has 0 aliphatic rings. The summed E-state index contributed by atoms with van der Waals surface area (Å²) in [5.41, 5.74) is 2.97. The number of benzene rings is 1. The zero-order valence-corrected chi connectivity index (χ0v) is 14.9. The Hall–Kier alpha value is -3.22. The fraction of sp³-hybridized carbons (Fsp3) is 0.263. The molecule has 1 N–H and O–H groups in total. The van der Waals surface area contributed by atoms with Crippen LogP contribution in [-0.2, 0) is 0 Å². The van der Waals surface area contributed by atoms with E-state index < -0.39 is 0 Å². The highest BCUT2D eigenvalue weighted by molar-refractivity contribution is 5.93. The number of carbonyl (C=O) groups excluding carboxylic acids is 1. The van der Waals surface area contributed by atoms with Gasteiger partial charge in [0.15, 0.2) is 11.3 Å². The van der Waals surface area contributed by atoms with Gasteiger partial charge in [-0.15, -0.1) is 0 Å². The molecular weight excluding hydrogens is 328 g/mol. The predicted octanol–water partition coefficient (Wildman–Crippen LogP) is 3.15. The smallest absolute Gasteiger partial charge is 0.272 e. The molecular formula is C19H20N6O. The average molecular weight is 348 g/mol. The molecule has 0 bridgehead atoms. The van der Waals surface area contributed by atoms with Crippen molar-refractivity contribution >= 4 is 22.6 Å². The first kappa shape index (κ1) is 16.3. The lowest BCUT2D eigenvalue weighted by Gasteiger charge is -2.18. The lowest BCUT2D eigenvalue weighted by molar-refractivity contribution is 0.0932. The molecule has 0 radical (unpaired) electrons. The Morgan fingerprint density at radius 2 is 1.96 bits per heavy atom. The monoisotopic (exact) mass is 348 g/mol. The molecule has 0 aliphatic heterocycles. The number of nitrogens with zero attached hydrogens (tertiary/aromatic N) is 5. The highest BCUT2D eigenvalue weighted by Gasteiger charge is 2.21. The number of hydrogen-bond acceptors (Lipinski definition) is 4. The van der Waals surface area contributed by atoms with Crippen molar-refractivity contribution < 1.29 is 4.79 Å². The zero-order valence-electron chi connectivity index (χ0n) is 14.9. The maximum atomic E-state index is 12.6. The number of rotatable bonds is 4. The molecule has 1 atom stereocenters. The Bertz CT molecular complexity index is 1060. The van der Waals surface area contributed by atoms with Gasteiger partial charge in [-0.25, -0.2) is 14.5 Å². The Morgan fingerprint density at radius 3 is 2.73 bits per heavy atom. The van der Waals surface area contributed by atoms with Crippen molar-refractivity contribution in [3.8, 4) is 0 Å². The van der Waals surface area contributed by atoms with Crippen molar-refractivity contribution in [1.82, 2.24) is 29.5 Å². The second kappa shape index (κ2) is 6.25. The van der Waals surface area contributed by atoms with Crippen LogP contribution in [0.3, 0.4) is 0 Å². The van der Waals surface area contributed by atoms with Gasteiger partial charge in [0.2, 0.25) is 0 Å². The van der Waals surface area contributed by atoms with Gasteiger partial charge in [0, 0.05) is 24.5 Å². The third-order valence-electron chi connectivity index (χ3n) is 4.34. The summed E-state index contributed by atoms with van der Waals surface area (Å²) in [5, 5.41) is 7.28. The van der Waals surface area contributed by atoms with E-state index in [1.165, 1.54) is 0 Å². The summed E-state index contributed by atoms with van der Waals surface area (Å²) in [6, 6.07) is 11.4. The van der Waals surface area contributed by atoms with Crippen LogP contribution in [0.4, 0.5) is 0 Å². The van der Waals surface area contributed by atoms with Gasteiger partial charge in [0.25, 0.3) is 5.91 Å². The molecule has 3 heterocycles. The lowest BCUT2D eigenvalue weighted by Crippen LogP contribution is -2.29. The minimum atomic E-state index is -0.255. The highest BCUT2D eigenvalue weighted by atomic mass is 16.2. The van der Waals surface area contributed by atoms with Crippen molar-refractivity contribution in [2.24, 2.45) is 0 Å². The van der Waals surface area contributed by atoms with Crippen molar-refractivity contribution in [2.75, 3.05) is 0 Å². The minimum Gasteiger partial charge on any atom is -0.341 e. The molecule has 132 valence electrons. The minimum absolute atomic E-state index is 0.233. The van der Waals surface area contributed by atoms with E-state index in [1.807, 2.05) is 31.2 Å². The molecule has 7 heteroatoms. The van der Waals surface area contributed by atoms with Gasteiger partial charge >= 0.3 is 0 Å². The van der Waals surface area contributed by atoms with Crippen LogP contribution in [-0.4, -0.2) is 30.1 Å². The molecule has 0 unspecified atom stereocenters. The number of imidazole rings is 1. The topological polar surface area (TPSA) is 77.1 Å². The molecule has 1 amide bonds. The van der Waals surface area contributed by atoms with Gasteiger partial charge in [-0.3, -0.25) is 4.79 Å². The number of para-hydroxylation sites is 2. The Morgan fingerprint density at radius 1 is 1.15 bits per heavy atom. The van der Waals surface area contributed by atoms with Crippen LogP contribution in [0, 0.1) is 0 Å². The number of aromatic nitrogens is 5. The lowest BCUT2D eigenvalue weighted by atomic mass is 10.2. The SMILES string of the molecule is CC(C)n1c([C@@H](C)NC(=O)c2cc3ncccn3n2)nc2ccccc21. The molecule has 4 aromatic rings. The number of fused-ring (bicyclic) bond motifs is 2. The molecule has 0 saturated heterocycles. The van der Waals surface area contributed by atoms with Gasteiger partial charge in [0.1, 0.15) is 5.82 Å². The maximum Gasteiger partial charge on any atom is 0.272 e. The van der Waals surface area contributed by atoms with Crippen LogP contribution >= 0.6 is 0 Å². The van der Waals surface area contributed by atoms with E-state index >= 15 is 0 Å². The van der Waals surface area contributed by atoms with Gasteiger partial charge in [0.05, 0.1) is 17.1 Å². The van der Waals surface area contributed by atoms with Crippen molar-refractivity contribution in [3.05, 3.63) is 60.3 Å². The van der Waals surface area contributed by atoms with E-state index in [-0.39, 0.29) is 18.0 Å². The number of amides is 1. The Balaban J connectivity index is 1.65. The van der Waals surface area contributed by atoms with E-state index in [0.717, 1.165) is 16.9 Å². The summed E-state index contributed by atoms with van der Waals surface area (Å²) < 4.78 is 3.74. The molecule has 1 aromatic carbocycles. The molecule has 26 heavy (non-hydrogen) atoms. The van der Waals surface area contributed by atoms with Crippen LogP contribution in [0.5, 0.6) is 0 Å². The number of hydrogen-bond donors (Lipinski definition) is 1. The first-order valence-electron chi connectivity index (χ1n) is 8.62. The largest absolute Gasteiger partial charge is 0.341 e. The summed E-state index contributed by atoms with van der Waals surface area (Å²) in [4.78, 5) is 21.6. The van der Waals surface area contributed by atoms with E-state index in [0.29, 0.717) is 11.3 Å². The van der Waals surface area contributed by atoms with Crippen LogP contribution in [0.15, 0.2) is 48.8 Å². The first-order valence-corrected chi connectivity index (χ1v) is 8.62. The van der Waals surface area contributed by atoms with Crippen molar-refractivity contribution in [2.45, 2.75) is 32.9 Å². The molecule has 3 aromatic heterocycles. The van der Waals surface area contributed by atoms with Crippen molar-refractivity contribution in [3.63, 3.8) is 0 Å². The van der Waals surface area contributed by atoms with Crippen LogP contribution < -0.4 is 5.32 Å². The molecule has 4 rings (SSSR count). The zero-order chi connectivity index (χ0) is 18.3. The molecule has 7 nitrogen and oxygen atoms in total. The molecule has 0 spiro atoms. The summed E-state index contributed by atoms with van der Waals surface area (Å²) in [6.07, 6.45) is 3.44. The summed E-state index contributed by atoms with van der Waals surface area (Å²) in [5.74, 6) is 0.585. The quantitative estimate of drug-likeness (QED) is 0.614. The number of nitrogens with one attached hydrogen (secondary N) is 1. The molecule has 0 aliphatic carbocycles. The van der Waals surface area contributed by atoms with Crippen LogP contribution in [0.2, 0.25) is 0 Å². The predicted molar refractivity (Wildman–Crippen MR) is 99.0 cm³/mol. The Kier molecular flexibility index (Phi) is 3.91. The van der Waals surface area contributed by atoms with Gasteiger partial charge in [-0.05, 0) is 39.0 Å². The second-order valence-corrected chi connectivity index (χ2v) is 6.57. The fourth-order valence-corrected chi connectivity index (χ4v) is 3.19. The average Bonchev–Trinajstić information content (AvgIpc) is 3.23. The second-order valence-electron chi connectivity index (χ2n) is 6.57. The third kappa shape index (κ3) is 2.71. The van der Waals surface area contributed by atoms with E-state index in [4.69, 9.17) is 4.98 Å². The first-order chi connectivity index (χ1) is 12.5. The highest BCUT2D eigenvalue weighted by Crippen LogP contribution is 2.25. The maximum absolute atomic E-state index is 12.6.